The van der Waals surface area contributed by atoms with Crippen LogP contribution < -0.4 is 28.7 Å². The van der Waals surface area contributed by atoms with Gasteiger partial charge in [-0.15, -0.1) is 0 Å². The van der Waals surface area contributed by atoms with Gasteiger partial charge in [0.15, 0.2) is 25.2 Å². The Hall–Kier alpha value is -1.04. The summed E-state index contributed by atoms with van der Waals surface area (Å²) in [6.07, 6.45) is -30.2. The molecule has 0 saturated carbocycles. The molecule has 0 aromatic carbocycles. The molecule has 0 aromatic rings. The zero-order chi connectivity index (χ0) is 41.8. The number of ether oxygens (including phenoxy) is 8. The third kappa shape index (κ3) is 10.1. The summed E-state index contributed by atoms with van der Waals surface area (Å²) >= 11 is 0. The highest BCUT2D eigenvalue weighted by Gasteiger charge is 2.54. The average molecular weight is 826 g/mol. The monoisotopic (exact) mass is 825 g/mol. The van der Waals surface area contributed by atoms with Crippen molar-refractivity contribution in [3.8, 4) is 0 Å². The van der Waals surface area contributed by atoms with Crippen LogP contribution in [-0.4, -0.2) is 253 Å². The van der Waals surface area contributed by atoms with Crippen molar-refractivity contribution < 1.29 is 104 Å². The molecule has 0 spiro atoms. The summed E-state index contributed by atoms with van der Waals surface area (Å²) in [5.74, 6) is 0. The maximum atomic E-state index is 11.3. The van der Waals surface area contributed by atoms with E-state index in [1.165, 1.54) is 0 Å². The second kappa shape index (κ2) is 21.0. The fraction of sp³-hybridized carbons (Fsp3) is 1.00. The van der Waals surface area contributed by atoms with Crippen molar-refractivity contribution in [2.24, 2.45) is 28.7 Å². The maximum absolute atomic E-state index is 11.3. The summed E-state index contributed by atoms with van der Waals surface area (Å²) in [6.45, 7) is -4.87. The second-order valence-corrected chi connectivity index (χ2v) is 14.2. The number of hydrogen-bond donors (Lipinski definition) is 18. The zero-order valence-corrected chi connectivity index (χ0v) is 30.1. The van der Waals surface area contributed by atoms with Gasteiger partial charge in [-0.1, -0.05) is 0 Å². The fourth-order valence-corrected chi connectivity index (χ4v) is 6.83. The summed E-state index contributed by atoms with van der Waals surface area (Å²) in [6, 6.07) is -7.24. The highest BCUT2D eigenvalue weighted by atomic mass is 16.8. The molecule has 4 rings (SSSR count). The topological polar surface area (TPSA) is 467 Å². The Balaban J connectivity index is 1.43. The number of hydrogen-bond acceptors (Lipinski definition) is 26. The molecule has 26 nitrogen and oxygen atoms in total. The summed E-state index contributed by atoms with van der Waals surface area (Å²) in [7, 11) is 0. The predicted octanol–water partition coefficient (Wildman–Crippen LogP) is -12.5. The molecule has 0 aromatic heterocycles. The van der Waals surface area contributed by atoms with Gasteiger partial charge in [0.25, 0.3) is 0 Å². The van der Waals surface area contributed by atoms with E-state index >= 15 is 0 Å². The SMILES string of the molecule is N[C@H]1[C@H](O[C@H]2[C@H](O)[C@@H](N)[C@H](O[C@H]3[C@H](O)[C@@H](N)[C@H](O[C@H]4[C@H](O)[C@@H](N)[C@H](O[C@@H]([C@H](O)[C@@H](N)CO)[C@H](O)CO)O[C@@H]4CO)O[C@@H]3CO)O[C@@H]2CO)O[C@H](CO)[C@@H](O)[C@@H]1O. The van der Waals surface area contributed by atoms with E-state index in [1.807, 2.05) is 0 Å². The number of aliphatic hydroxyl groups is 13. The largest absolute Gasteiger partial charge is 0.395 e. The molecule has 0 radical (unpaired) electrons. The van der Waals surface area contributed by atoms with Crippen molar-refractivity contribution in [3.05, 3.63) is 0 Å². The molecular weight excluding hydrogens is 766 g/mol. The summed E-state index contributed by atoms with van der Waals surface area (Å²) in [5.41, 5.74) is 30.2. The zero-order valence-electron chi connectivity index (χ0n) is 30.1. The van der Waals surface area contributed by atoms with Crippen LogP contribution in [0, 0.1) is 0 Å². The Morgan fingerprint density at radius 3 is 1.16 bits per heavy atom. The molecule has 4 heterocycles. The van der Waals surface area contributed by atoms with Gasteiger partial charge in [-0.3, -0.25) is 0 Å². The van der Waals surface area contributed by atoms with Crippen molar-refractivity contribution in [2.75, 3.05) is 39.6 Å². The van der Waals surface area contributed by atoms with E-state index in [0.29, 0.717) is 0 Å². The van der Waals surface area contributed by atoms with E-state index in [0.717, 1.165) is 0 Å². The molecule has 23 N–H and O–H groups in total. The molecule has 4 saturated heterocycles. The van der Waals surface area contributed by atoms with E-state index < -0.39 is 187 Å². The van der Waals surface area contributed by atoms with Crippen molar-refractivity contribution in [1.82, 2.24) is 0 Å². The first-order valence-electron chi connectivity index (χ1n) is 17.9. The first-order valence-corrected chi connectivity index (χ1v) is 17.9. The van der Waals surface area contributed by atoms with Gasteiger partial charge in [-0.2, -0.15) is 0 Å². The van der Waals surface area contributed by atoms with Gasteiger partial charge in [-0.05, 0) is 0 Å². The van der Waals surface area contributed by atoms with Gasteiger partial charge >= 0.3 is 0 Å². The van der Waals surface area contributed by atoms with E-state index in [4.69, 9.17) is 66.6 Å². The molecule has 0 unspecified atom stereocenters. The van der Waals surface area contributed by atoms with Gasteiger partial charge < -0.3 is 133 Å². The van der Waals surface area contributed by atoms with Gasteiger partial charge in [-0.25, -0.2) is 0 Å². The van der Waals surface area contributed by atoms with Crippen molar-refractivity contribution >= 4 is 0 Å². The third-order valence-electron chi connectivity index (χ3n) is 10.3. The molecule has 0 bridgehead atoms. The molecule has 56 heavy (non-hydrogen) atoms. The summed E-state index contributed by atoms with van der Waals surface area (Å²) < 4.78 is 45.6. The lowest BCUT2D eigenvalue weighted by atomic mass is 9.94. The van der Waals surface area contributed by atoms with E-state index in [1.54, 1.807) is 0 Å². The molecule has 4 fully saturated rings. The molecule has 330 valence electrons. The van der Waals surface area contributed by atoms with Crippen molar-refractivity contribution in [1.29, 1.82) is 0 Å². The van der Waals surface area contributed by atoms with Crippen LogP contribution in [0.15, 0.2) is 0 Å². The second-order valence-electron chi connectivity index (χ2n) is 14.2. The van der Waals surface area contributed by atoms with Crippen LogP contribution >= 0.6 is 0 Å². The van der Waals surface area contributed by atoms with Crippen LogP contribution in [0.4, 0.5) is 0 Å². The molecular formula is C30H59N5O21. The number of rotatable bonds is 17. The highest BCUT2D eigenvalue weighted by Crippen LogP contribution is 2.33. The normalized spacial score (nSPS) is 47.2. The summed E-state index contributed by atoms with van der Waals surface area (Å²) in [4.78, 5) is 0. The molecule has 0 amide bonds. The highest BCUT2D eigenvalue weighted by molar-refractivity contribution is 5.00. The predicted molar refractivity (Wildman–Crippen MR) is 179 cm³/mol. The first kappa shape index (κ1) is 47.6. The van der Waals surface area contributed by atoms with Crippen molar-refractivity contribution in [3.63, 3.8) is 0 Å². The smallest absolute Gasteiger partial charge is 0.176 e. The van der Waals surface area contributed by atoms with E-state index in [2.05, 4.69) is 0 Å². The number of aliphatic hydroxyl groups excluding tert-OH is 13. The Labute approximate surface area is 319 Å². The van der Waals surface area contributed by atoms with Crippen molar-refractivity contribution in [2.45, 2.75) is 147 Å². The Kier molecular flexibility index (Phi) is 17.8. The average Bonchev–Trinajstić information content (AvgIpc) is 3.20. The van der Waals surface area contributed by atoms with Crippen LogP contribution in [0.3, 0.4) is 0 Å². The van der Waals surface area contributed by atoms with Gasteiger partial charge in [0, 0.05) is 0 Å². The lowest BCUT2D eigenvalue weighted by molar-refractivity contribution is -0.361. The molecule has 4 aliphatic heterocycles. The minimum absolute atomic E-state index is 0.716. The maximum Gasteiger partial charge on any atom is 0.176 e. The summed E-state index contributed by atoms with van der Waals surface area (Å²) in [5, 5.41) is 133. The molecule has 4 aliphatic rings. The lowest BCUT2D eigenvalue weighted by Crippen LogP contribution is -2.70. The van der Waals surface area contributed by atoms with E-state index in [-0.39, 0.29) is 0 Å². The lowest BCUT2D eigenvalue weighted by Gasteiger charge is -2.50. The standard InChI is InChI=1S/C30H59N5O21/c31-7(1-36)17(43)23(8(42)2-37)53-28-14(33)20(46)25(10(4-39)50-28)55-30-16(35)22(48)26(12(6-41)52-30)56-29-15(34)21(47)24(11(5-40)51-29)54-27-13(32)19(45)18(44)9(3-38)49-27/h7-30,36-48H,1-6,31-35H2/t7-,8+,9+,10+,11+,12+,13+,14+,15+,16+,17+,18+,19+,20+,21+,22+,23+,24+,25+,26+,27-,28-,29-,30-/m0/s1. The molecule has 0 aliphatic carbocycles. The Morgan fingerprint density at radius 1 is 0.464 bits per heavy atom. The van der Waals surface area contributed by atoms with Crippen LogP contribution in [-0.2, 0) is 37.9 Å². The minimum atomic E-state index is -1.76. The third-order valence-corrected chi connectivity index (χ3v) is 10.3. The van der Waals surface area contributed by atoms with Crippen LogP contribution in [0.5, 0.6) is 0 Å². The van der Waals surface area contributed by atoms with Crippen LogP contribution in [0.2, 0.25) is 0 Å². The Bertz CT molecular complexity index is 1170. The molecule has 24 atom stereocenters. The quantitative estimate of drug-likeness (QED) is 0.0647. The van der Waals surface area contributed by atoms with E-state index in [9.17, 15) is 66.4 Å². The van der Waals surface area contributed by atoms with Crippen LogP contribution in [0.25, 0.3) is 0 Å². The van der Waals surface area contributed by atoms with Gasteiger partial charge in [0.05, 0.1) is 69.9 Å². The first-order chi connectivity index (χ1) is 26.5. The fourth-order valence-electron chi connectivity index (χ4n) is 6.83. The van der Waals surface area contributed by atoms with Gasteiger partial charge in [0.1, 0.15) is 91.6 Å². The number of nitrogens with two attached hydrogens (primary N) is 5. The van der Waals surface area contributed by atoms with Crippen LogP contribution in [0.1, 0.15) is 0 Å². The molecule has 26 heteroatoms. The van der Waals surface area contributed by atoms with Gasteiger partial charge in [0.2, 0.25) is 0 Å². The minimum Gasteiger partial charge on any atom is -0.395 e. The Morgan fingerprint density at radius 2 is 0.804 bits per heavy atom.